The fraction of sp³-hybridized carbons (Fsp3) is 0.429. The average molecular weight is 509 g/mol. The normalized spacial score (nSPS) is 21.2. The van der Waals surface area contributed by atoms with Crippen molar-refractivity contribution in [1.82, 2.24) is 20.1 Å². The van der Waals surface area contributed by atoms with Crippen molar-refractivity contribution in [3.05, 3.63) is 59.0 Å². The molecule has 0 aliphatic carbocycles. The third-order valence-electron chi connectivity index (χ3n) is 7.42. The van der Waals surface area contributed by atoms with Crippen molar-refractivity contribution >= 4 is 22.8 Å². The molecule has 1 saturated heterocycles. The minimum Gasteiger partial charge on any atom is -0.508 e. The quantitative estimate of drug-likeness (QED) is 0.311. The van der Waals surface area contributed by atoms with Crippen LogP contribution in [0.2, 0.25) is 0 Å². The van der Waals surface area contributed by atoms with Gasteiger partial charge in [-0.15, -0.1) is 0 Å². The molecule has 1 aromatic heterocycles. The summed E-state index contributed by atoms with van der Waals surface area (Å²) in [4.78, 5) is 33.9. The van der Waals surface area contributed by atoms with Crippen molar-refractivity contribution in [2.45, 2.75) is 45.2 Å². The maximum absolute atomic E-state index is 15.5. The summed E-state index contributed by atoms with van der Waals surface area (Å²) >= 11 is 0. The molecule has 9 heteroatoms. The van der Waals surface area contributed by atoms with Crippen LogP contribution in [0.1, 0.15) is 50.1 Å². The molecule has 0 spiro atoms. The number of phenols is 1. The van der Waals surface area contributed by atoms with Crippen molar-refractivity contribution in [2.75, 3.05) is 26.7 Å². The van der Waals surface area contributed by atoms with Crippen LogP contribution in [0, 0.1) is 11.7 Å². The molecule has 1 fully saturated rings. The topological polar surface area (TPSA) is 97.9 Å². The number of carbonyl (C=O) groups excluding carboxylic acids is 2. The van der Waals surface area contributed by atoms with Crippen molar-refractivity contribution in [1.29, 1.82) is 0 Å². The smallest absolute Gasteiger partial charge is 0.328 e. The molecule has 0 saturated carbocycles. The predicted octanol–water partition coefficient (Wildman–Crippen LogP) is 4.33. The van der Waals surface area contributed by atoms with E-state index in [1.54, 1.807) is 48.2 Å². The number of hydrogen-bond acceptors (Lipinski definition) is 5. The Hall–Kier alpha value is -3.59. The number of aromatic amines is 1. The summed E-state index contributed by atoms with van der Waals surface area (Å²) in [7, 11) is 1.41. The van der Waals surface area contributed by atoms with Crippen LogP contribution in [0.5, 0.6) is 11.5 Å². The Bertz CT molecular complexity index is 1370. The van der Waals surface area contributed by atoms with E-state index in [1.807, 2.05) is 0 Å². The fourth-order valence-corrected chi connectivity index (χ4v) is 5.70. The van der Waals surface area contributed by atoms with E-state index in [-0.39, 0.29) is 29.9 Å². The zero-order chi connectivity index (χ0) is 26.5. The highest BCUT2D eigenvalue weighted by molar-refractivity contribution is 6.08. The van der Waals surface area contributed by atoms with Crippen LogP contribution in [-0.2, 0) is 11.2 Å². The number of urea groups is 1. The number of imide groups is 1. The first-order chi connectivity index (χ1) is 17.7. The highest BCUT2D eigenvalue weighted by Crippen LogP contribution is 2.49. The lowest BCUT2D eigenvalue weighted by atomic mass is 9.81. The van der Waals surface area contributed by atoms with Crippen molar-refractivity contribution in [3.8, 4) is 11.5 Å². The maximum atomic E-state index is 15.5. The van der Waals surface area contributed by atoms with Gasteiger partial charge in [-0.2, -0.15) is 0 Å². The standard InChI is InChI=1S/C28H33FN4O4/c1-16(2)15-30-11-6-12-32-26(35)28(3)14-19-22-20(9-10-21(37-4)23(22)29)31-24(19)25(33(28)27(32)36)17-7-5-8-18(34)13-17/h5,7-10,13,16,25,30-31,34H,6,11-12,14-15H2,1-4H3. The number of ether oxygens (including phenoxy) is 1. The number of phenolic OH excluding ortho intramolecular Hbond substituents is 1. The number of halogens is 1. The van der Waals surface area contributed by atoms with E-state index in [4.69, 9.17) is 4.74 Å². The molecule has 2 aliphatic heterocycles. The van der Waals surface area contributed by atoms with Gasteiger partial charge in [-0.1, -0.05) is 26.0 Å². The van der Waals surface area contributed by atoms with Gasteiger partial charge in [0.2, 0.25) is 0 Å². The lowest BCUT2D eigenvalue weighted by Gasteiger charge is -2.42. The molecule has 3 aromatic rings. The van der Waals surface area contributed by atoms with Gasteiger partial charge >= 0.3 is 6.03 Å². The summed E-state index contributed by atoms with van der Waals surface area (Å²) in [5.41, 5.74) is 1.25. The van der Waals surface area contributed by atoms with Crippen molar-refractivity contribution in [3.63, 3.8) is 0 Å². The Kier molecular flexibility index (Phi) is 6.35. The van der Waals surface area contributed by atoms with Gasteiger partial charge in [0.15, 0.2) is 11.6 Å². The van der Waals surface area contributed by atoms with E-state index >= 15 is 4.39 Å². The molecule has 2 atom stereocenters. The molecule has 5 rings (SSSR count). The van der Waals surface area contributed by atoms with E-state index < -0.39 is 17.4 Å². The second-order valence-electron chi connectivity index (χ2n) is 10.5. The third kappa shape index (κ3) is 4.01. The fourth-order valence-electron chi connectivity index (χ4n) is 5.70. The van der Waals surface area contributed by atoms with Gasteiger partial charge in [0.1, 0.15) is 17.3 Å². The van der Waals surface area contributed by atoms with Gasteiger partial charge < -0.3 is 20.1 Å². The largest absolute Gasteiger partial charge is 0.508 e. The zero-order valence-electron chi connectivity index (χ0n) is 21.6. The number of fused-ring (bicyclic) bond motifs is 4. The summed E-state index contributed by atoms with van der Waals surface area (Å²) < 4.78 is 20.8. The van der Waals surface area contributed by atoms with E-state index in [0.717, 1.165) is 6.54 Å². The van der Waals surface area contributed by atoms with Crippen LogP contribution in [0.15, 0.2) is 36.4 Å². The molecule has 2 aromatic carbocycles. The number of rotatable bonds is 8. The van der Waals surface area contributed by atoms with Crippen LogP contribution in [0.4, 0.5) is 9.18 Å². The van der Waals surface area contributed by atoms with E-state index in [9.17, 15) is 14.7 Å². The van der Waals surface area contributed by atoms with Gasteiger partial charge in [0, 0.05) is 29.6 Å². The Morgan fingerprint density at radius 2 is 2.05 bits per heavy atom. The van der Waals surface area contributed by atoms with Crippen LogP contribution in [0.3, 0.4) is 0 Å². The highest BCUT2D eigenvalue weighted by atomic mass is 19.1. The Morgan fingerprint density at radius 1 is 1.27 bits per heavy atom. The van der Waals surface area contributed by atoms with Gasteiger partial charge in [-0.05, 0) is 67.7 Å². The summed E-state index contributed by atoms with van der Waals surface area (Å²) in [6, 6.07) is 8.84. The number of H-pyrrole nitrogens is 1. The first kappa shape index (κ1) is 25.1. The number of aromatic nitrogens is 1. The number of carbonyl (C=O) groups is 2. The summed E-state index contributed by atoms with van der Waals surface area (Å²) in [5, 5.41) is 14.0. The lowest BCUT2D eigenvalue weighted by molar-refractivity contribution is -0.133. The van der Waals surface area contributed by atoms with E-state index in [1.165, 1.54) is 12.0 Å². The molecule has 3 N–H and O–H groups in total. The Morgan fingerprint density at radius 3 is 2.76 bits per heavy atom. The van der Waals surface area contributed by atoms with E-state index in [2.05, 4.69) is 24.1 Å². The van der Waals surface area contributed by atoms with Gasteiger partial charge in [-0.3, -0.25) is 14.6 Å². The van der Waals surface area contributed by atoms with E-state index in [0.29, 0.717) is 53.2 Å². The molecule has 196 valence electrons. The number of hydrogen-bond donors (Lipinski definition) is 3. The molecule has 2 aliphatic rings. The molecule has 0 bridgehead atoms. The zero-order valence-corrected chi connectivity index (χ0v) is 21.6. The van der Waals surface area contributed by atoms with Crippen LogP contribution < -0.4 is 10.1 Å². The SMILES string of the molecule is COc1ccc2[nH]c3c(c2c1F)CC1(C)C(=O)N(CCCNCC(C)C)C(=O)N1C3c1cccc(O)c1. The minimum atomic E-state index is -1.21. The summed E-state index contributed by atoms with van der Waals surface area (Å²) in [5.74, 6) is -0.140. The molecule has 37 heavy (non-hydrogen) atoms. The first-order valence-corrected chi connectivity index (χ1v) is 12.7. The van der Waals surface area contributed by atoms with Crippen molar-refractivity contribution in [2.24, 2.45) is 5.92 Å². The monoisotopic (exact) mass is 508 g/mol. The van der Waals surface area contributed by atoms with Gasteiger partial charge in [-0.25, -0.2) is 9.18 Å². The van der Waals surface area contributed by atoms with Crippen LogP contribution >= 0.6 is 0 Å². The molecular formula is C28H33FN4O4. The molecule has 8 nitrogen and oxygen atoms in total. The number of amides is 3. The molecule has 0 radical (unpaired) electrons. The highest BCUT2D eigenvalue weighted by Gasteiger charge is 2.60. The number of nitrogens with zero attached hydrogens (tertiary/aromatic N) is 2. The van der Waals surface area contributed by atoms with Crippen molar-refractivity contribution < 1.29 is 23.8 Å². The van der Waals surface area contributed by atoms with Crippen LogP contribution in [0.25, 0.3) is 10.9 Å². The predicted molar refractivity (Wildman–Crippen MR) is 138 cm³/mol. The molecular weight excluding hydrogens is 475 g/mol. The number of nitrogens with one attached hydrogen (secondary N) is 2. The second kappa shape index (κ2) is 9.37. The Balaban J connectivity index is 1.59. The third-order valence-corrected chi connectivity index (χ3v) is 7.42. The summed E-state index contributed by atoms with van der Waals surface area (Å²) in [6.45, 7) is 7.84. The van der Waals surface area contributed by atoms with Crippen LogP contribution in [-0.4, -0.2) is 64.1 Å². The maximum Gasteiger partial charge on any atom is 0.328 e. The molecule has 3 heterocycles. The number of methoxy groups -OCH3 is 1. The molecule has 2 unspecified atom stereocenters. The minimum absolute atomic E-state index is 0.0429. The number of benzene rings is 2. The first-order valence-electron chi connectivity index (χ1n) is 12.7. The lowest BCUT2D eigenvalue weighted by Crippen LogP contribution is -2.53. The molecule has 3 amide bonds. The number of aromatic hydroxyl groups is 1. The Labute approximate surface area is 215 Å². The van der Waals surface area contributed by atoms with Gasteiger partial charge in [0.25, 0.3) is 5.91 Å². The second-order valence-corrected chi connectivity index (χ2v) is 10.5. The average Bonchev–Trinajstić information content (AvgIpc) is 3.30. The van der Waals surface area contributed by atoms with Gasteiger partial charge in [0.05, 0.1) is 7.11 Å². The summed E-state index contributed by atoms with van der Waals surface area (Å²) in [6.07, 6.45) is 0.791.